The van der Waals surface area contributed by atoms with E-state index < -0.39 is 0 Å². The number of ether oxygens (including phenoxy) is 1. The highest BCUT2D eigenvalue weighted by Gasteiger charge is 2.10. The van der Waals surface area contributed by atoms with Crippen molar-refractivity contribution in [3.8, 4) is 5.75 Å². The van der Waals surface area contributed by atoms with Gasteiger partial charge in [-0.2, -0.15) is 0 Å². The van der Waals surface area contributed by atoms with Gasteiger partial charge in [-0.05, 0) is 32.4 Å². The van der Waals surface area contributed by atoms with Gasteiger partial charge in [-0.1, -0.05) is 25.1 Å². The Labute approximate surface area is 104 Å². The molecule has 1 unspecified atom stereocenters. The zero-order valence-corrected chi connectivity index (χ0v) is 11.1. The van der Waals surface area contributed by atoms with E-state index >= 15 is 0 Å². The van der Waals surface area contributed by atoms with E-state index in [1.165, 1.54) is 5.56 Å². The predicted octanol–water partition coefficient (Wildman–Crippen LogP) is 2.47. The van der Waals surface area contributed by atoms with Crippen LogP contribution < -0.4 is 15.8 Å². The SMILES string of the molecule is CCC(N)CCN[C@@H](C)c1ccccc1OC. The molecule has 96 valence electrons. The minimum Gasteiger partial charge on any atom is -0.496 e. The second-order valence-corrected chi connectivity index (χ2v) is 4.37. The third-order valence-corrected chi connectivity index (χ3v) is 3.10. The fourth-order valence-electron chi connectivity index (χ4n) is 1.82. The quantitative estimate of drug-likeness (QED) is 0.764. The van der Waals surface area contributed by atoms with Crippen LogP contribution in [0.15, 0.2) is 24.3 Å². The molecule has 3 nitrogen and oxygen atoms in total. The molecule has 0 bridgehead atoms. The Morgan fingerprint density at radius 2 is 2.06 bits per heavy atom. The Morgan fingerprint density at radius 3 is 2.71 bits per heavy atom. The van der Waals surface area contributed by atoms with Crippen molar-refractivity contribution in [2.75, 3.05) is 13.7 Å². The van der Waals surface area contributed by atoms with Gasteiger partial charge in [-0.25, -0.2) is 0 Å². The van der Waals surface area contributed by atoms with E-state index in [2.05, 4.69) is 25.2 Å². The van der Waals surface area contributed by atoms with Crippen molar-refractivity contribution in [2.24, 2.45) is 5.73 Å². The van der Waals surface area contributed by atoms with E-state index in [1.807, 2.05) is 18.2 Å². The van der Waals surface area contributed by atoms with Crippen molar-refractivity contribution in [3.63, 3.8) is 0 Å². The average Bonchev–Trinajstić information content (AvgIpc) is 2.38. The van der Waals surface area contributed by atoms with Crippen LogP contribution in [0.2, 0.25) is 0 Å². The van der Waals surface area contributed by atoms with Gasteiger partial charge in [0.1, 0.15) is 5.75 Å². The molecule has 0 radical (unpaired) electrons. The number of rotatable bonds is 7. The zero-order valence-electron chi connectivity index (χ0n) is 11.1. The number of nitrogens with two attached hydrogens (primary N) is 1. The second kappa shape index (κ2) is 7.30. The van der Waals surface area contributed by atoms with Crippen LogP contribution in [0.25, 0.3) is 0 Å². The lowest BCUT2D eigenvalue weighted by Crippen LogP contribution is -2.27. The van der Waals surface area contributed by atoms with Crippen molar-refractivity contribution in [3.05, 3.63) is 29.8 Å². The highest BCUT2D eigenvalue weighted by molar-refractivity contribution is 5.35. The lowest BCUT2D eigenvalue weighted by atomic mass is 10.1. The van der Waals surface area contributed by atoms with Gasteiger partial charge in [-0.3, -0.25) is 0 Å². The Kier molecular flexibility index (Phi) is 6.01. The number of benzene rings is 1. The van der Waals surface area contributed by atoms with Crippen molar-refractivity contribution in [2.45, 2.75) is 38.8 Å². The average molecular weight is 236 g/mol. The Bertz CT molecular complexity index is 328. The number of hydrogen-bond acceptors (Lipinski definition) is 3. The molecule has 0 aliphatic heterocycles. The Balaban J connectivity index is 2.49. The Morgan fingerprint density at radius 1 is 1.35 bits per heavy atom. The highest BCUT2D eigenvalue weighted by Crippen LogP contribution is 2.24. The van der Waals surface area contributed by atoms with Crippen molar-refractivity contribution >= 4 is 0 Å². The molecule has 1 aromatic carbocycles. The fraction of sp³-hybridized carbons (Fsp3) is 0.571. The first kappa shape index (κ1) is 14.0. The third kappa shape index (κ3) is 4.36. The standard InChI is InChI=1S/C14H24N2O/c1-4-12(15)9-10-16-11(2)13-7-5-6-8-14(13)17-3/h5-8,11-12,16H,4,9-10,15H2,1-3H3/t11-,12?/m0/s1. The molecule has 3 N–H and O–H groups in total. The van der Waals surface area contributed by atoms with Crippen LogP contribution in [0, 0.1) is 0 Å². The van der Waals surface area contributed by atoms with Crippen LogP contribution in [0.1, 0.15) is 38.3 Å². The zero-order chi connectivity index (χ0) is 12.7. The monoisotopic (exact) mass is 236 g/mol. The molecule has 0 aromatic heterocycles. The van der Waals surface area contributed by atoms with Gasteiger partial charge in [-0.15, -0.1) is 0 Å². The van der Waals surface area contributed by atoms with Gasteiger partial charge < -0.3 is 15.8 Å². The molecular weight excluding hydrogens is 212 g/mol. The molecule has 0 aliphatic rings. The summed E-state index contributed by atoms with van der Waals surface area (Å²) in [5.41, 5.74) is 7.08. The van der Waals surface area contributed by atoms with Gasteiger partial charge in [0.25, 0.3) is 0 Å². The molecule has 1 aromatic rings. The maximum atomic E-state index is 5.89. The normalized spacial score (nSPS) is 14.4. The van der Waals surface area contributed by atoms with Crippen molar-refractivity contribution in [1.82, 2.24) is 5.32 Å². The summed E-state index contributed by atoms with van der Waals surface area (Å²) in [5.74, 6) is 0.937. The summed E-state index contributed by atoms with van der Waals surface area (Å²) in [6, 6.07) is 8.69. The van der Waals surface area contributed by atoms with E-state index in [1.54, 1.807) is 7.11 Å². The molecule has 3 heteroatoms. The van der Waals surface area contributed by atoms with E-state index in [0.717, 1.165) is 25.1 Å². The maximum Gasteiger partial charge on any atom is 0.123 e. The van der Waals surface area contributed by atoms with Crippen LogP contribution in [0.3, 0.4) is 0 Å². The summed E-state index contributed by atoms with van der Waals surface area (Å²) in [6.45, 7) is 5.21. The Hall–Kier alpha value is -1.06. The molecule has 0 aliphatic carbocycles. The van der Waals surface area contributed by atoms with Gasteiger partial charge in [0.05, 0.1) is 7.11 Å². The van der Waals surface area contributed by atoms with Crippen LogP contribution in [-0.4, -0.2) is 19.7 Å². The molecule has 0 fully saturated rings. The van der Waals surface area contributed by atoms with E-state index in [4.69, 9.17) is 10.5 Å². The van der Waals surface area contributed by atoms with Gasteiger partial charge in [0.2, 0.25) is 0 Å². The molecule has 0 heterocycles. The lowest BCUT2D eigenvalue weighted by Gasteiger charge is -2.18. The minimum atomic E-state index is 0.287. The smallest absolute Gasteiger partial charge is 0.123 e. The maximum absolute atomic E-state index is 5.89. The summed E-state index contributed by atoms with van der Waals surface area (Å²) >= 11 is 0. The molecule has 2 atom stereocenters. The summed E-state index contributed by atoms with van der Waals surface area (Å²) in [6.07, 6.45) is 2.04. The first-order chi connectivity index (χ1) is 8.19. The first-order valence-electron chi connectivity index (χ1n) is 6.30. The fourth-order valence-corrected chi connectivity index (χ4v) is 1.82. The number of para-hydroxylation sites is 1. The number of hydrogen-bond donors (Lipinski definition) is 2. The van der Waals surface area contributed by atoms with Crippen LogP contribution in [0.4, 0.5) is 0 Å². The number of nitrogens with one attached hydrogen (secondary N) is 1. The van der Waals surface area contributed by atoms with E-state index in [0.29, 0.717) is 6.04 Å². The van der Waals surface area contributed by atoms with Gasteiger partial charge in [0, 0.05) is 17.6 Å². The van der Waals surface area contributed by atoms with Gasteiger partial charge in [0.15, 0.2) is 0 Å². The molecule has 0 spiro atoms. The largest absolute Gasteiger partial charge is 0.496 e. The van der Waals surface area contributed by atoms with Crippen molar-refractivity contribution < 1.29 is 4.74 Å². The molecule has 0 saturated carbocycles. The number of methoxy groups -OCH3 is 1. The molecule has 0 saturated heterocycles. The topological polar surface area (TPSA) is 47.3 Å². The van der Waals surface area contributed by atoms with Crippen LogP contribution >= 0.6 is 0 Å². The van der Waals surface area contributed by atoms with Crippen molar-refractivity contribution in [1.29, 1.82) is 0 Å². The summed E-state index contributed by atoms with van der Waals surface area (Å²) in [4.78, 5) is 0. The summed E-state index contributed by atoms with van der Waals surface area (Å²) < 4.78 is 5.35. The lowest BCUT2D eigenvalue weighted by molar-refractivity contribution is 0.400. The van der Waals surface area contributed by atoms with Crippen LogP contribution in [0.5, 0.6) is 5.75 Å². The van der Waals surface area contributed by atoms with E-state index in [9.17, 15) is 0 Å². The predicted molar refractivity (Wildman–Crippen MR) is 72.3 cm³/mol. The summed E-state index contributed by atoms with van der Waals surface area (Å²) in [5, 5.41) is 3.48. The molecule has 0 amide bonds. The van der Waals surface area contributed by atoms with Gasteiger partial charge >= 0.3 is 0 Å². The molecular formula is C14H24N2O. The first-order valence-corrected chi connectivity index (χ1v) is 6.30. The highest BCUT2D eigenvalue weighted by atomic mass is 16.5. The minimum absolute atomic E-state index is 0.287. The second-order valence-electron chi connectivity index (χ2n) is 4.37. The third-order valence-electron chi connectivity index (χ3n) is 3.10. The molecule has 17 heavy (non-hydrogen) atoms. The molecule has 1 rings (SSSR count). The van der Waals surface area contributed by atoms with Crippen LogP contribution in [-0.2, 0) is 0 Å². The summed E-state index contributed by atoms with van der Waals surface area (Å²) in [7, 11) is 1.71. The van der Waals surface area contributed by atoms with E-state index in [-0.39, 0.29) is 6.04 Å².